The number of likely N-dealkylation sites (tertiary alicyclic amines) is 1. The molecule has 2 aromatic carbocycles. The average molecular weight is 544 g/mol. The topological polar surface area (TPSA) is 45.2 Å². The number of aromatic nitrogens is 1. The predicted octanol–water partition coefficient (Wildman–Crippen LogP) is 8.48. The van der Waals surface area contributed by atoms with Gasteiger partial charge in [-0.2, -0.15) is 13.2 Å². The lowest BCUT2D eigenvalue weighted by Crippen LogP contribution is -2.36. The summed E-state index contributed by atoms with van der Waals surface area (Å²) in [7, 11) is 0. The fraction of sp³-hybridized carbons (Fsp3) is 0.467. The van der Waals surface area contributed by atoms with Crippen LogP contribution in [-0.4, -0.2) is 35.4 Å². The van der Waals surface area contributed by atoms with Crippen molar-refractivity contribution < 1.29 is 18.0 Å². The number of unbranched alkanes of at least 4 members (excludes halogenated alkanes) is 1. The number of carbonyl (C=O) groups is 1. The van der Waals surface area contributed by atoms with Crippen molar-refractivity contribution in [2.24, 2.45) is 5.92 Å². The number of amides is 1. The summed E-state index contributed by atoms with van der Waals surface area (Å²) < 4.78 is 39.7. The minimum absolute atomic E-state index is 0.344. The summed E-state index contributed by atoms with van der Waals surface area (Å²) in [4.78, 5) is 20.3. The zero-order valence-electron chi connectivity index (χ0n) is 22.1. The summed E-state index contributed by atoms with van der Waals surface area (Å²) in [6.07, 6.45) is 2.71. The Labute approximate surface area is 227 Å². The standard InChI is InChI=1S/C30H36F3N3OS/c1-3-5-9-21(4-2)19-36-16-14-22(15-17-36)29-35-27(20-38-29)28(37)34-26-13-7-6-12-25(26)23-10-8-11-24(18-23)30(31,32)33/h6-8,10-13,18,20-22H,3-5,9,14-17,19H2,1-2H3,(H,34,37). The molecule has 0 aliphatic carbocycles. The highest BCUT2D eigenvalue weighted by Gasteiger charge is 2.31. The highest BCUT2D eigenvalue weighted by Crippen LogP contribution is 2.35. The normalized spacial score (nSPS) is 15.9. The van der Waals surface area contributed by atoms with Crippen LogP contribution in [0.25, 0.3) is 11.1 Å². The number of para-hydroxylation sites is 1. The quantitative estimate of drug-likeness (QED) is 0.279. The summed E-state index contributed by atoms with van der Waals surface area (Å²) in [5, 5.41) is 5.63. The van der Waals surface area contributed by atoms with Crippen LogP contribution in [0, 0.1) is 5.92 Å². The van der Waals surface area contributed by atoms with Gasteiger partial charge in [0.2, 0.25) is 0 Å². The van der Waals surface area contributed by atoms with E-state index >= 15 is 0 Å². The molecular formula is C30H36F3N3OS. The van der Waals surface area contributed by atoms with Crippen LogP contribution in [0.3, 0.4) is 0 Å². The van der Waals surface area contributed by atoms with Gasteiger partial charge in [0.1, 0.15) is 5.69 Å². The molecule has 8 heteroatoms. The largest absolute Gasteiger partial charge is 0.416 e. The smallest absolute Gasteiger partial charge is 0.320 e. The number of piperidine rings is 1. The summed E-state index contributed by atoms with van der Waals surface area (Å²) in [5.41, 5.74) is 0.989. The molecular weight excluding hydrogens is 507 g/mol. The number of nitrogens with zero attached hydrogens (tertiary/aromatic N) is 2. The van der Waals surface area contributed by atoms with Crippen LogP contribution in [0.5, 0.6) is 0 Å². The van der Waals surface area contributed by atoms with Crippen molar-refractivity contribution >= 4 is 22.9 Å². The molecule has 1 atom stereocenters. The Balaban J connectivity index is 1.39. The minimum Gasteiger partial charge on any atom is -0.320 e. The van der Waals surface area contributed by atoms with Crippen molar-refractivity contribution in [1.29, 1.82) is 0 Å². The lowest BCUT2D eigenvalue weighted by atomic mass is 9.94. The number of thiazole rings is 1. The molecule has 1 aliphatic rings. The third kappa shape index (κ3) is 7.23. The minimum atomic E-state index is -4.44. The molecule has 0 radical (unpaired) electrons. The van der Waals surface area contributed by atoms with Crippen LogP contribution < -0.4 is 5.32 Å². The fourth-order valence-electron chi connectivity index (χ4n) is 5.12. The van der Waals surface area contributed by atoms with Gasteiger partial charge < -0.3 is 10.2 Å². The van der Waals surface area contributed by atoms with Gasteiger partial charge in [-0.1, -0.05) is 63.4 Å². The Morgan fingerprint density at radius 1 is 1.13 bits per heavy atom. The first-order chi connectivity index (χ1) is 18.3. The lowest BCUT2D eigenvalue weighted by molar-refractivity contribution is -0.137. The van der Waals surface area contributed by atoms with Crippen LogP contribution in [0.15, 0.2) is 53.9 Å². The third-order valence-electron chi connectivity index (χ3n) is 7.43. The van der Waals surface area contributed by atoms with E-state index in [9.17, 15) is 18.0 Å². The van der Waals surface area contributed by atoms with Gasteiger partial charge in [0.25, 0.3) is 5.91 Å². The molecule has 1 amide bonds. The zero-order chi connectivity index (χ0) is 27.1. The molecule has 1 saturated heterocycles. The number of hydrogen-bond donors (Lipinski definition) is 1. The third-order valence-corrected chi connectivity index (χ3v) is 8.43. The summed E-state index contributed by atoms with van der Waals surface area (Å²) in [6.45, 7) is 7.81. The van der Waals surface area contributed by atoms with Gasteiger partial charge in [0.15, 0.2) is 0 Å². The van der Waals surface area contributed by atoms with E-state index < -0.39 is 11.7 Å². The van der Waals surface area contributed by atoms with Crippen LogP contribution in [0.4, 0.5) is 18.9 Å². The number of alkyl halides is 3. The van der Waals surface area contributed by atoms with Crippen LogP contribution >= 0.6 is 11.3 Å². The first-order valence-electron chi connectivity index (χ1n) is 13.5. The van der Waals surface area contributed by atoms with Crippen molar-refractivity contribution in [3.8, 4) is 11.1 Å². The predicted molar refractivity (Wildman–Crippen MR) is 149 cm³/mol. The van der Waals surface area contributed by atoms with Gasteiger partial charge in [-0.15, -0.1) is 11.3 Å². The van der Waals surface area contributed by atoms with E-state index in [1.807, 2.05) is 0 Å². The molecule has 0 spiro atoms. The van der Waals surface area contributed by atoms with Crippen LogP contribution in [-0.2, 0) is 6.18 Å². The van der Waals surface area contributed by atoms with Crippen molar-refractivity contribution in [2.45, 2.75) is 64.5 Å². The molecule has 2 heterocycles. The maximum absolute atomic E-state index is 13.2. The van der Waals surface area contributed by atoms with Gasteiger partial charge in [-0.05, 0) is 62.0 Å². The molecule has 1 N–H and O–H groups in total. The maximum Gasteiger partial charge on any atom is 0.416 e. The monoisotopic (exact) mass is 543 g/mol. The van der Waals surface area contributed by atoms with Crippen molar-refractivity contribution in [3.05, 3.63) is 70.2 Å². The molecule has 38 heavy (non-hydrogen) atoms. The Morgan fingerprint density at radius 2 is 1.89 bits per heavy atom. The zero-order valence-corrected chi connectivity index (χ0v) is 22.9. The van der Waals surface area contributed by atoms with Gasteiger partial charge in [0, 0.05) is 29.1 Å². The summed E-state index contributed by atoms with van der Waals surface area (Å²) in [6, 6.07) is 12.0. The molecule has 3 aromatic rings. The number of rotatable bonds is 10. The number of benzene rings is 2. The van der Waals surface area contributed by atoms with E-state index in [-0.39, 0.29) is 5.91 Å². The van der Waals surface area contributed by atoms with Crippen molar-refractivity contribution in [1.82, 2.24) is 9.88 Å². The molecule has 1 unspecified atom stereocenters. The second-order valence-corrected chi connectivity index (χ2v) is 11.0. The second-order valence-electron chi connectivity index (χ2n) is 10.1. The van der Waals surface area contributed by atoms with E-state index in [2.05, 4.69) is 29.0 Å². The van der Waals surface area contributed by atoms with E-state index in [1.165, 1.54) is 49.6 Å². The molecule has 1 aromatic heterocycles. The molecule has 1 aliphatic heterocycles. The number of halogens is 3. The van der Waals surface area contributed by atoms with Crippen molar-refractivity contribution in [2.75, 3.05) is 25.0 Å². The van der Waals surface area contributed by atoms with Crippen LogP contribution in [0.2, 0.25) is 0 Å². The number of hydrogen-bond acceptors (Lipinski definition) is 4. The van der Waals surface area contributed by atoms with Crippen molar-refractivity contribution in [3.63, 3.8) is 0 Å². The second kappa shape index (κ2) is 12.9. The number of carbonyl (C=O) groups excluding carboxylic acids is 1. The van der Waals surface area contributed by atoms with Gasteiger partial charge >= 0.3 is 6.18 Å². The highest BCUT2D eigenvalue weighted by molar-refractivity contribution is 7.10. The SMILES string of the molecule is CCCCC(CC)CN1CCC(c2nc(C(=O)Nc3ccccc3-c3cccc(C(F)(F)F)c3)cs2)CC1. The summed E-state index contributed by atoms with van der Waals surface area (Å²) in [5.74, 6) is 0.762. The number of nitrogens with one attached hydrogen (secondary N) is 1. The average Bonchev–Trinajstić information content (AvgIpc) is 3.42. The van der Waals surface area contributed by atoms with E-state index in [1.54, 1.807) is 35.7 Å². The number of anilines is 1. The van der Waals surface area contributed by atoms with E-state index in [0.29, 0.717) is 28.4 Å². The Kier molecular flexibility index (Phi) is 9.60. The van der Waals surface area contributed by atoms with E-state index in [4.69, 9.17) is 0 Å². The molecule has 0 bridgehead atoms. The molecule has 4 rings (SSSR count). The van der Waals surface area contributed by atoms with Gasteiger partial charge in [-0.25, -0.2) is 4.98 Å². The van der Waals surface area contributed by atoms with Gasteiger partial charge in [-0.3, -0.25) is 4.79 Å². The van der Waals surface area contributed by atoms with E-state index in [0.717, 1.165) is 49.0 Å². The Bertz CT molecular complexity index is 1200. The first kappa shape index (κ1) is 28.3. The highest BCUT2D eigenvalue weighted by atomic mass is 32.1. The van der Waals surface area contributed by atoms with Gasteiger partial charge in [0.05, 0.1) is 10.6 Å². The maximum atomic E-state index is 13.2. The Morgan fingerprint density at radius 3 is 2.61 bits per heavy atom. The first-order valence-corrected chi connectivity index (χ1v) is 14.4. The fourth-order valence-corrected chi connectivity index (χ4v) is 6.09. The molecule has 204 valence electrons. The molecule has 4 nitrogen and oxygen atoms in total. The Hall–Kier alpha value is -2.71. The van der Waals surface area contributed by atoms with Crippen LogP contribution in [0.1, 0.15) is 79.3 Å². The molecule has 0 saturated carbocycles. The lowest BCUT2D eigenvalue weighted by Gasteiger charge is -2.33. The molecule has 1 fully saturated rings. The summed E-state index contributed by atoms with van der Waals surface area (Å²) >= 11 is 1.52.